The number of urea groups is 1. The Morgan fingerprint density at radius 1 is 1.23 bits per heavy atom. The van der Waals surface area contributed by atoms with E-state index in [9.17, 15) is 9.59 Å². The number of aryl methyl sites for hydroxylation is 1. The quantitative estimate of drug-likeness (QED) is 0.456. The molecule has 3 rings (SSSR count). The fraction of sp³-hybridized carbons (Fsp3) is 0.278. The molecule has 0 aliphatic heterocycles. The Labute approximate surface area is 155 Å². The van der Waals surface area contributed by atoms with E-state index < -0.39 is 12.1 Å². The standard InChI is InChI=1S/C18H21N5O2S/c19-18(25)23-14(15-7-4-10-26-15)11-17(24)20-9-3-8-16-21-12-5-1-2-6-13(12)22-16/h1-2,4-7,10,14H,3,8-9,11H2,(H,20,24)(H,21,22)(H3,19,23,25). The number of fused-ring (bicyclic) bond motifs is 1. The first-order chi connectivity index (χ1) is 12.6. The number of nitrogens with zero attached hydrogens (tertiary/aromatic N) is 1. The molecule has 26 heavy (non-hydrogen) atoms. The van der Waals surface area contributed by atoms with Gasteiger partial charge in [0, 0.05) is 17.8 Å². The van der Waals surface area contributed by atoms with E-state index in [1.54, 1.807) is 0 Å². The molecule has 0 fully saturated rings. The van der Waals surface area contributed by atoms with Crippen LogP contribution in [0.15, 0.2) is 41.8 Å². The Morgan fingerprint density at radius 2 is 2.08 bits per heavy atom. The summed E-state index contributed by atoms with van der Waals surface area (Å²) in [5.74, 6) is 0.786. The maximum Gasteiger partial charge on any atom is 0.312 e. The van der Waals surface area contributed by atoms with E-state index in [1.807, 2.05) is 41.8 Å². The lowest BCUT2D eigenvalue weighted by Crippen LogP contribution is -2.36. The Morgan fingerprint density at radius 3 is 2.81 bits per heavy atom. The van der Waals surface area contributed by atoms with E-state index in [-0.39, 0.29) is 12.3 Å². The summed E-state index contributed by atoms with van der Waals surface area (Å²) in [4.78, 5) is 32.0. The number of primary amides is 1. The fourth-order valence-electron chi connectivity index (χ4n) is 2.75. The SMILES string of the molecule is NC(=O)NC(CC(=O)NCCCc1nc2ccccc2[nH]1)c1cccs1. The number of nitrogens with one attached hydrogen (secondary N) is 3. The molecule has 0 saturated carbocycles. The number of carbonyl (C=O) groups is 2. The molecule has 1 unspecified atom stereocenters. The third-order valence-electron chi connectivity index (χ3n) is 3.94. The first-order valence-corrected chi connectivity index (χ1v) is 9.29. The number of H-pyrrole nitrogens is 1. The third kappa shape index (κ3) is 4.82. The van der Waals surface area contributed by atoms with Crippen molar-refractivity contribution in [3.05, 3.63) is 52.5 Å². The van der Waals surface area contributed by atoms with Gasteiger partial charge in [-0.1, -0.05) is 18.2 Å². The van der Waals surface area contributed by atoms with Gasteiger partial charge in [0.1, 0.15) is 5.82 Å². The molecule has 0 radical (unpaired) electrons. The second-order valence-corrected chi connectivity index (χ2v) is 6.91. The predicted molar refractivity (Wildman–Crippen MR) is 102 cm³/mol. The normalized spacial score (nSPS) is 12.0. The van der Waals surface area contributed by atoms with Gasteiger partial charge in [-0.3, -0.25) is 4.79 Å². The highest BCUT2D eigenvalue weighted by molar-refractivity contribution is 7.10. The van der Waals surface area contributed by atoms with Crippen LogP contribution in [0.25, 0.3) is 11.0 Å². The van der Waals surface area contributed by atoms with Crippen LogP contribution in [0.3, 0.4) is 0 Å². The van der Waals surface area contributed by atoms with Gasteiger partial charge < -0.3 is 21.4 Å². The summed E-state index contributed by atoms with van der Waals surface area (Å²) in [5, 5.41) is 7.40. The lowest BCUT2D eigenvalue weighted by atomic mass is 10.1. The smallest absolute Gasteiger partial charge is 0.312 e. The van der Waals surface area contributed by atoms with E-state index >= 15 is 0 Å². The number of hydrogen-bond donors (Lipinski definition) is 4. The average molecular weight is 371 g/mol. The number of carbonyl (C=O) groups excluding carboxylic acids is 2. The molecule has 3 aromatic rings. The molecule has 3 amide bonds. The molecule has 0 bridgehead atoms. The van der Waals surface area contributed by atoms with Gasteiger partial charge in [0.2, 0.25) is 5.91 Å². The Bertz CT molecular complexity index is 842. The Kier molecular flexibility index (Phi) is 5.85. The Hall–Kier alpha value is -2.87. The highest BCUT2D eigenvalue weighted by atomic mass is 32.1. The first-order valence-electron chi connectivity index (χ1n) is 8.41. The number of para-hydroxylation sites is 2. The summed E-state index contributed by atoms with van der Waals surface area (Å²) in [6, 6.07) is 10.6. The van der Waals surface area contributed by atoms with Gasteiger partial charge in [0.05, 0.1) is 23.5 Å². The summed E-state index contributed by atoms with van der Waals surface area (Å²) in [6.45, 7) is 0.545. The second kappa shape index (κ2) is 8.48. The number of benzene rings is 1. The number of nitrogens with two attached hydrogens (primary N) is 1. The van der Waals surface area contributed by atoms with Crippen LogP contribution in [0, 0.1) is 0 Å². The van der Waals surface area contributed by atoms with Gasteiger partial charge in [-0.2, -0.15) is 0 Å². The van der Waals surface area contributed by atoms with E-state index in [2.05, 4.69) is 20.6 Å². The van der Waals surface area contributed by atoms with Gasteiger partial charge in [0.25, 0.3) is 0 Å². The molecule has 5 N–H and O–H groups in total. The maximum atomic E-state index is 12.2. The summed E-state index contributed by atoms with van der Waals surface area (Å²) >= 11 is 1.48. The van der Waals surface area contributed by atoms with E-state index in [4.69, 9.17) is 5.73 Å². The maximum absolute atomic E-state index is 12.2. The van der Waals surface area contributed by atoms with Gasteiger partial charge in [0.15, 0.2) is 0 Å². The van der Waals surface area contributed by atoms with Crippen molar-refractivity contribution in [3.8, 4) is 0 Å². The van der Waals surface area contributed by atoms with Crippen LogP contribution in [0.4, 0.5) is 4.79 Å². The molecule has 8 heteroatoms. The van der Waals surface area contributed by atoms with Gasteiger partial charge in [-0.25, -0.2) is 9.78 Å². The van der Waals surface area contributed by atoms with Crippen molar-refractivity contribution in [2.75, 3.05) is 6.54 Å². The van der Waals surface area contributed by atoms with Crippen molar-refractivity contribution in [3.63, 3.8) is 0 Å². The topological polar surface area (TPSA) is 113 Å². The molecule has 0 saturated heterocycles. The summed E-state index contributed by atoms with van der Waals surface area (Å²) < 4.78 is 0. The molecule has 136 valence electrons. The largest absolute Gasteiger partial charge is 0.356 e. The van der Waals surface area contributed by atoms with Crippen LogP contribution < -0.4 is 16.4 Å². The van der Waals surface area contributed by atoms with Crippen molar-refractivity contribution < 1.29 is 9.59 Å². The molecule has 2 heterocycles. The van der Waals surface area contributed by atoms with Crippen molar-refractivity contribution >= 4 is 34.3 Å². The van der Waals surface area contributed by atoms with Crippen LogP contribution in [0.5, 0.6) is 0 Å². The van der Waals surface area contributed by atoms with Gasteiger partial charge in [-0.05, 0) is 30.0 Å². The van der Waals surface area contributed by atoms with Crippen molar-refractivity contribution in [1.29, 1.82) is 0 Å². The predicted octanol–water partition coefficient (Wildman–Crippen LogP) is 2.47. The van der Waals surface area contributed by atoms with Crippen LogP contribution in [0.2, 0.25) is 0 Å². The third-order valence-corrected chi connectivity index (χ3v) is 4.93. The summed E-state index contributed by atoms with van der Waals surface area (Å²) in [7, 11) is 0. The monoisotopic (exact) mass is 371 g/mol. The minimum atomic E-state index is -0.638. The first kappa shape index (κ1) is 17.9. The number of aromatic amines is 1. The lowest BCUT2D eigenvalue weighted by Gasteiger charge is -2.15. The second-order valence-electron chi connectivity index (χ2n) is 5.93. The van der Waals surface area contributed by atoms with E-state index in [1.165, 1.54) is 11.3 Å². The lowest BCUT2D eigenvalue weighted by molar-refractivity contribution is -0.121. The van der Waals surface area contributed by atoms with Crippen LogP contribution >= 0.6 is 11.3 Å². The molecule has 1 atom stereocenters. The van der Waals surface area contributed by atoms with Crippen LogP contribution in [0.1, 0.15) is 29.6 Å². The number of imidazole rings is 1. The molecule has 0 spiro atoms. The fourth-order valence-corrected chi connectivity index (χ4v) is 3.53. The summed E-state index contributed by atoms with van der Waals surface area (Å²) in [6.07, 6.45) is 1.69. The van der Waals surface area contributed by atoms with Crippen LogP contribution in [-0.2, 0) is 11.2 Å². The molecule has 1 aromatic carbocycles. The summed E-state index contributed by atoms with van der Waals surface area (Å²) in [5.41, 5.74) is 7.17. The zero-order valence-electron chi connectivity index (χ0n) is 14.2. The highest BCUT2D eigenvalue weighted by Crippen LogP contribution is 2.21. The molecule has 2 aromatic heterocycles. The van der Waals surface area contributed by atoms with Crippen molar-refractivity contribution in [2.45, 2.75) is 25.3 Å². The number of aromatic nitrogens is 2. The van der Waals surface area contributed by atoms with E-state index in [0.29, 0.717) is 6.54 Å². The van der Waals surface area contributed by atoms with Crippen molar-refractivity contribution in [1.82, 2.24) is 20.6 Å². The minimum absolute atomic E-state index is 0.123. The number of thiophene rings is 1. The Balaban J connectivity index is 1.45. The van der Waals surface area contributed by atoms with Crippen LogP contribution in [-0.4, -0.2) is 28.5 Å². The number of rotatable bonds is 8. The molecular formula is C18H21N5O2S. The van der Waals surface area contributed by atoms with Gasteiger partial charge in [-0.15, -0.1) is 11.3 Å². The molecule has 7 nitrogen and oxygen atoms in total. The zero-order valence-corrected chi connectivity index (χ0v) is 15.0. The number of amides is 3. The zero-order chi connectivity index (χ0) is 18.4. The molecule has 0 aliphatic rings. The van der Waals surface area contributed by atoms with E-state index in [0.717, 1.165) is 34.6 Å². The van der Waals surface area contributed by atoms with Gasteiger partial charge >= 0.3 is 6.03 Å². The number of hydrogen-bond acceptors (Lipinski definition) is 4. The minimum Gasteiger partial charge on any atom is -0.356 e. The average Bonchev–Trinajstić information content (AvgIpc) is 3.26. The molecule has 0 aliphatic carbocycles. The molecular weight excluding hydrogens is 350 g/mol. The highest BCUT2D eigenvalue weighted by Gasteiger charge is 2.18. The van der Waals surface area contributed by atoms with Crippen molar-refractivity contribution in [2.24, 2.45) is 5.73 Å².